The quantitative estimate of drug-likeness (QED) is 0.560. The number of aryl methyl sites for hydroxylation is 2. The van der Waals surface area contributed by atoms with Crippen molar-refractivity contribution in [3.05, 3.63) is 64.7 Å². The van der Waals surface area contributed by atoms with Gasteiger partial charge in [-0.2, -0.15) is 0 Å². The minimum absolute atomic E-state index is 0.0432. The Morgan fingerprint density at radius 1 is 1.24 bits per heavy atom. The lowest BCUT2D eigenvalue weighted by molar-refractivity contribution is 0.0954. The molecule has 3 N–H and O–H groups in total. The van der Waals surface area contributed by atoms with Crippen LogP contribution in [0.4, 0.5) is 0 Å². The molecule has 3 aromatic rings. The summed E-state index contributed by atoms with van der Waals surface area (Å²) in [6.07, 6.45) is 5.36. The van der Waals surface area contributed by atoms with Gasteiger partial charge >= 0.3 is 0 Å². The maximum absolute atomic E-state index is 12.5. The average Bonchev–Trinajstić information content (AvgIpc) is 3.08. The van der Waals surface area contributed by atoms with Crippen molar-refractivity contribution < 1.29 is 9.90 Å². The monoisotopic (exact) mass is 391 g/mol. The maximum atomic E-state index is 12.5. The molecule has 0 saturated carbocycles. The highest BCUT2D eigenvalue weighted by Gasteiger charge is 2.15. The number of rotatable bonds is 6. The molecular formula is C22H25N5O2. The van der Waals surface area contributed by atoms with E-state index < -0.39 is 0 Å². The van der Waals surface area contributed by atoms with Crippen LogP contribution in [-0.2, 0) is 25.7 Å². The fourth-order valence-corrected chi connectivity index (χ4v) is 3.83. The number of amides is 1. The fourth-order valence-electron chi connectivity index (χ4n) is 3.83. The lowest BCUT2D eigenvalue weighted by atomic mass is 9.95. The summed E-state index contributed by atoms with van der Waals surface area (Å²) in [5.41, 5.74) is 5.61. The Morgan fingerprint density at radius 2 is 2.07 bits per heavy atom. The lowest BCUT2D eigenvalue weighted by Crippen LogP contribution is -2.26. The van der Waals surface area contributed by atoms with Gasteiger partial charge in [-0.05, 0) is 56.4 Å². The molecule has 7 nitrogen and oxygen atoms in total. The first-order chi connectivity index (χ1) is 14.0. The van der Waals surface area contributed by atoms with Crippen LogP contribution < -0.4 is 5.32 Å². The van der Waals surface area contributed by atoms with Crippen molar-refractivity contribution in [1.29, 1.82) is 0 Å². The first-order valence-electron chi connectivity index (χ1n) is 9.98. The molecule has 29 heavy (non-hydrogen) atoms. The number of aliphatic hydroxyl groups is 1. The van der Waals surface area contributed by atoms with E-state index in [1.165, 1.54) is 24.1 Å². The highest BCUT2D eigenvalue weighted by molar-refractivity contribution is 5.97. The Hall–Kier alpha value is -3.22. The number of carbonyl (C=O) groups is 1. The van der Waals surface area contributed by atoms with Gasteiger partial charge in [0.2, 0.25) is 0 Å². The summed E-state index contributed by atoms with van der Waals surface area (Å²) in [7, 11) is 0. The number of benzene rings is 1. The van der Waals surface area contributed by atoms with Crippen LogP contribution in [0, 0.1) is 6.92 Å². The molecule has 0 unspecified atom stereocenters. The highest BCUT2D eigenvalue weighted by atomic mass is 16.3. The van der Waals surface area contributed by atoms with E-state index >= 15 is 0 Å². The van der Waals surface area contributed by atoms with Gasteiger partial charge in [0.15, 0.2) is 0 Å². The van der Waals surface area contributed by atoms with E-state index in [0.29, 0.717) is 24.4 Å². The molecule has 1 aliphatic carbocycles. The fraction of sp³-hybridized carbons (Fsp3) is 0.364. The average molecular weight is 391 g/mol. The predicted molar refractivity (Wildman–Crippen MR) is 111 cm³/mol. The lowest BCUT2D eigenvalue weighted by Gasteiger charge is -2.17. The number of H-pyrrole nitrogens is 1. The molecule has 1 aliphatic rings. The zero-order valence-electron chi connectivity index (χ0n) is 16.6. The van der Waals surface area contributed by atoms with Crippen LogP contribution >= 0.6 is 0 Å². The molecular weight excluding hydrogens is 366 g/mol. The molecule has 2 aromatic heterocycles. The molecule has 1 aromatic carbocycles. The largest absolute Gasteiger partial charge is 0.512 e. The van der Waals surface area contributed by atoms with Gasteiger partial charge in [-0.15, -0.1) is 0 Å². The third-order valence-corrected chi connectivity index (χ3v) is 5.23. The summed E-state index contributed by atoms with van der Waals surface area (Å²) in [5.74, 6) is 1.30. The summed E-state index contributed by atoms with van der Waals surface area (Å²) < 4.78 is 0. The Balaban J connectivity index is 1.39. The minimum Gasteiger partial charge on any atom is -0.512 e. The zero-order chi connectivity index (χ0) is 20.4. The van der Waals surface area contributed by atoms with Crippen molar-refractivity contribution in [1.82, 2.24) is 25.3 Å². The number of carbonyl (C=O) groups excluding carboxylic acids is 1. The molecule has 2 heterocycles. The number of hydrogen-bond acceptors (Lipinski definition) is 5. The van der Waals surface area contributed by atoms with E-state index in [9.17, 15) is 9.90 Å². The summed E-state index contributed by atoms with van der Waals surface area (Å²) in [6, 6.07) is 5.30. The number of nitrogens with zero attached hydrogens (tertiary/aromatic N) is 3. The summed E-state index contributed by atoms with van der Waals surface area (Å²) in [5, 5.41) is 12.3. The first-order valence-corrected chi connectivity index (χ1v) is 9.98. The van der Waals surface area contributed by atoms with Gasteiger partial charge in [0.05, 0.1) is 23.2 Å². The van der Waals surface area contributed by atoms with Crippen LogP contribution in [0.3, 0.4) is 0 Å². The van der Waals surface area contributed by atoms with E-state index in [4.69, 9.17) is 4.98 Å². The van der Waals surface area contributed by atoms with Crippen molar-refractivity contribution in [3.63, 3.8) is 0 Å². The molecule has 0 saturated heterocycles. The highest BCUT2D eigenvalue weighted by Crippen LogP contribution is 2.21. The van der Waals surface area contributed by atoms with E-state index in [1.807, 2.05) is 6.92 Å². The maximum Gasteiger partial charge on any atom is 0.251 e. The van der Waals surface area contributed by atoms with Gasteiger partial charge in [-0.25, -0.2) is 15.0 Å². The molecule has 150 valence electrons. The van der Waals surface area contributed by atoms with Crippen molar-refractivity contribution in [2.24, 2.45) is 0 Å². The van der Waals surface area contributed by atoms with Gasteiger partial charge in [0.1, 0.15) is 11.6 Å². The Kier molecular flexibility index (Phi) is 5.29. The van der Waals surface area contributed by atoms with Gasteiger partial charge in [0, 0.05) is 29.9 Å². The molecule has 1 amide bonds. The third kappa shape index (κ3) is 4.29. The summed E-state index contributed by atoms with van der Waals surface area (Å²) in [6.45, 7) is 6.00. The molecule has 0 aliphatic heterocycles. The SMILES string of the molecule is C=C(O)Cc1nc2ccc(C(=O)NCCc3nc(C)c4c(n3)CCCC4)cc2[nH]1. The molecule has 7 heteroatoms. The predicted octanol–water partition coefficient (Wildman–Crippen LogP) is 3.13. The van der Waals surface area contributed by atoms with Crippen molar-refractivity contribution in [3.8, 4) is 0 Å². The second kappa shape index (κ2) is 8.03. The molecule has 0 spiro atoms. The Bertz CT molecular complexity index is 1090. The van der Waals surface area contributed by atoms with Crippen LogP contribution in [0.15, 0.2) is 30.5 Å². The van der Waals surface area contributed by atoms with E-state index in [1.54, 1.807) is 18.2 Å². The van der Waals surface area contributed by atoms with Gasteiger partial charge in [-0.1, -0.05) is 6.58 Å². The zero-order valence-corrected chi connectivity index (χ0v) is 16.6. The standard InChI is InChI=1S/C22H25N5O2/c1-13(28)11-21-26-18-8-7-15(12-19(18)27-21)22(29)23-10-9-20-24-14(2)16-5-3-4-6-17(16)25-20/h7-8,12,28H,1,3-6,9-11H2,2H3,(H,23,29)(H,26,27). The van der Waals surface area contributed by atoms with Crippen molar-refractivity contribution >= 4 is 16.9 Å². The number of hydrogen-bond donors (Lipinski definition) is 3. The Morgan fingerprint density at radius 3 is 2.90 bits per heavy atom. The van der Waals surface area contributed by atoms with Gasteiger partial charge in [0.25, 0.3) is 5.91 Å². The smallest absolute Gasteiger partial charge is 0.251 e. The molecule has 4 rings (SSSR count). The van der Waals surface area contributed by atoms with Gasteiger partial charge < -0.3 is 15.4 Å². The second-order valence-electron chi connectivity index (χ2n) is 7.52. The Labute approximate surface area is 169 Å². The molecule has 0 atom stereocenters. The number of aromatic nitrogens is 4. The van der Waals surface area contributed by atoms with Crippen LogP contribution in [-0.4, -0.2) is 37.5 Å². The van der Waals surface area contributed by atoms with E-state index in [0.717, 1.165) is 35.4 Å². The van der Waals surface area contributed by atoms with Crippen LogP contribution in [0.2, 0.25) is 0 Å². The second-order valence-corrected chi connectivity index (χ2v) is 7.52. The molecule has 0 fully saturated rings. The van der Waals surface area contributed by atoms with Crippen molar-refractivity contribution in [2.45, 2.75) is 45.4 Å². The third-order valence-electron chi connectivity index (χ3n) is 5.23. The number of aromatic amines is 1. The topological polar surface area (TPSA) is 104 Å². The summed E-state index contributed by atoms with van der Waals surface area (Å²) in [4.78, 5) is 29.3. The minimum atomic E-state index is -0.149. The van der Waals surface area contributed by atoms with Crippen LogP contribution in [0.5, 0.6) is 0 Å². The summed E-state index contributed by atoms with van der Waals surface area (Å²) >= 11 is 0. The number of aliphatic hydroxyl groups excluding tert-OH is 1. The molecule has 0 bridgehead atoms. The number of fused-ring (bicyclic) bond motifs is 2. The van der Waals surface area contributed by atoms with Gasteiger partial charge in [-0.3, -0.25) is 4.79 Å². The molecule has 0 radical (unpaired) electrons. The van der Waals surface area contributed by atoms with Crippen molar-refractivity contribution in [2.75, 3.05) is 6.54 Å². The van der Waals surface area contributed by atoms with Crippen LogP contribution in [0.1, 0.15) is 51.8 Å². The number of imidazole rings is 1. The normalized spacial score (nSPS) is 13.3. The van der Waals surface area contributed by atoms with Crippen LogP contribution in [0.25, 0.3) is 11.0 Å². The van der Waals surface area contributed by atoms with E-state index in [-0.39, 0.29) is 18.1 Å². The number of allylic oxidation sites excluding steroid dienone is 1. The number of nitrogens with one attached hydrogen (secondary N) is 2. The first kappa shape index (κ1) is 19.1. The van der Waals surface area contributed by atoms with E-state index in [2.05, 4.69) is 26.8 Å².